The third-order valence-electron chi connectivity index (χ3n) is 5.11. The molecule has 148 valence electrons. The minimum Gasteiger partial charge on any atom is -0.481 e. The number of ether oxygens (including phenoxy) is 1. The van der Waals surface area contributed by atoms with Crippen molar-refractivity contribution in [2.75, 3.05) is 0 Å². The number of carboxylic acids is 1. The monoisotopic (exact) mass is 374 g/mol. The van der Waals surface area contributed by atoms with E-state index in [-0.39, 0.29) is 6.42 Å². The second-order valence-corrected chi connectivity index (χ2v) is 7.28. The molecule has 0 saturated heterocycles. The highest BCUT2D eigenvalue weighted by Gasteiger charge is 2.34. The average Bonchev–Trinajstić information content (AvgIpc) is 2.94. The third-order valence-corrected chi connectivity index (χ3v) is 5.11. The fourth-order valence-corrected chi connectivity index (χ4v) is 3.62. The number of hydrogen-bond donors (Lipinski definition) is 1. The molecular weight excluding hydrogens is 344 g/mol. The van der Waals surface area contributed by atoms with E-state index in [1.807, 2.05) is 12.1 Å². The summed E-state index contributed by atoms with van der Waals surface area (Å²) in [5, 5.41) is 8.63. The Morgan fingerprint density at radius 3 is 1.81 bits per heavy atom. The standard InChI is InChI=1S/C22H30O5/c1-2-3-4-8-11-16-14-15-17(20-19(16)21(25)27-22(20)26)12-9-6-5-7-10-13-18(23)24/h14-15H,2-13H2,1H3,(H,23,24). The van der Waals surface area contributed by atoms with Crippen LogP contribution in [0.1, 0.15) is 103 Å². The number of fused-ring (bicyclic) bond motifs is 1. The minimum absolute atomic E-state index is 0.223. The van der Waals surface area contributed by atoms with E-state index in [2.05, 4.69) is 6.92 Å². The molecule has 1 aromatic rings. The quantitative estimate of drug-likeness (QED) is 0.295. The molecule has 1 aliphatic rings. The van der Waals surface area contributed by atoms with Crippen molar-refractivity contribution in [3.8, 4) is 0 Å². The van der Waals surface area contributed by atoms with Gasteiger partial charge in [0.25, 0.3) is 0 Å². The molecule has 27 heavy (non-hydrogen) atoms. The summed E-state index contributed by atoms with van der Waals surface area (Å²) in [7, 11) is 0. The van der Waals surface area contributed by atoms with Gasteiger partial charge < -0.3 is 9.84 Å². The number of benzene rings is 1. The Kier molecular flexibility index (Phi) is 8.49. The second kappa shape index (κ2) is 10.9. The van der Waals surface area contributed by atoms with Crippen molar-refractivity contribution < 1.29 is 24.2 Å². The van der Waals surface area contributed by atoms with Crippen LogP contribution in [0, 0.1) is 0 Å². The van der Waals surface area contributed by atoms with Crippen molar-refractivity contribution in [2.45, 2.75) is 84.0 Å². The molecule has 0 atom stereocenters. The molecular formula is C22H30O5. The van der Waals surface area contributed by atoms with Crippen LogP contribution in [0.15, 0.2) is 12.1 Å². The number of carboxylic acid groups (broad SMARTS) is 1. The maximum absolute atomic E-state index is 12.2. The van der Waals surface area contributed by atoms with Crippen LogP contribution in [0.25, 0.3) is 0 Å². The number of cyclic esters (lactones) is 2. The van der Waals surface area contributed by atoms with E-state index >= 15 is 0 Å². The van der Waals surface area contributed by atoms with Gasteiger partial charge in [0.05, 0.1) is 11.1 Å². The van der Waals surface area contributed by atoms with E-state index < -0.39 is 17.9 Å². The lowest BCUT2D eigenvalue weighted by Gasteiger charge is -2.10. The Hall–Kier alpha value is -2.17. The molecule has 1 aromatic carbocycles. The van der Waals surface area contributed by atoms with Crippen LogP contribution in [0.4, 0.5) is 0 Å². The van der Waals surface area contributed by atoms with Crippen LogP contribution < -0.4 is 0 Å². The molecule has 1 aliphatic heterocycles. The highest BCUT2D eigenvalue weighted by molar-refractivity contribution is 6.16. The summed E-state index contributed by atoms with van der Waals surface area (Å²) in [4.78, 5) is 34.8. The lowest BCUT2D eigenvalue weighted by molar-refractivity contribution is -0.137. The van der Waals surface area contributed by atoms with Crippen LogP contribution in [0.3, 0.4) is 0 Å². The fraction of sp³-hybridized carbons (Fsp3) is 0.591. The van der Waals surface area contributed by atoms with Crippen molar-refractivity contribution in [3.05, 3.63) is 34.4 Å². The summed E-state index contributed by atoms with van der Waals surface area (Å²) in [6.45, 7) is 2.16. The summed E-state index contributed by atoms with van der Waals surface area (Å²) < 4.78 is 4.89. The van der Waals surface area contributed by atoms with E-state index in [0.717, 1.165) is 68.9 Å². The first-order valence-electron chi connectivity index (χ1n) is 10.2. The summed E-state index contributed by atoms with van der Waals surface area (Å²) >= 11 is 0. The van der Waals surface area contributed by atoms with E-state index in [9.17, 15) is 14.4 Å². The molecule has 1 heterocycles. The number of aryl methyl sites for hydroxylation is 2. The van der Waals surface area contributed by atoms with Gasteiger partial charge >= 0.3 is 17.9 Å². The molecule has 0 saturated carbocycles. The Morgan fingerprint density at radius 1 is 0.815 bits per heavy atom. The molecule has 0 spiro atoms. The van der Waals surface area contributed by atoms with Gasteiger partial charge in [-0.2, -0.15) is 0 Å². The van der Waals surface area contributed by atoms with E-state index in [0.29, 0.717) is 17.5 Å². The molecule has 0 aromatic heterocycles. The Labute approximate surface area is 161 Å². The zero-order chi connectivity index (χ0) is 19.6. The first kappa shape index (κ1) is 21.1. The molecule has 2 rings (SSSR count). The smallest absolute Gasteiger partial charge is 0.347 e. The number of carbonyl (C=O) groups excluding carboxylic acids is 2. The molecule has 5 heteroatoms. The second-order valence-electron chi connectivity index (χ2n) is 7.28. The van der Waals surface area contributed by atoms with Gasteiger partial charge in [-0.15, -0.1) is 0 Å². The van der Waals surface area contributed by atoms with Crippen LogP contribution in [0.5, 0.6) is 0 Å². The van der Waals surface area contributed by atoms with E-state index in [4.69, 9.17) is 9.84 Å². The van der Waals surface area contributed by atoms with Crippen molar-refractivity contribution in [2.24, 2.45) is 0 Å². The lowest BCUT2D eigenvalue weighted by Crippen LogP contribution is -2.04. The molecule has 0 fully saturated rings. The number of rotatable bonds is 13. The van der Waals surface area contributed by atoms with Crippen molar-refractivity contribution >= 4 is 17.9 Å². The maximum Gasteiger partial charge on any atom is 0.347 e. The van der Waals surface area contributed by atoms with Gasteiger partial charge in [0.15, 0.2) is 0 Å². The van der Waals surface area contributed by atoms with Crippen LogP contribution in [0.2, 0.25) is 0 Å². The largest absolute Gasteiger partial charge is 0.481 e. The molecule has 0 amide bonds. The molecule has 1 N–H and O–H groups in total. The number of unbranched alkanes of at least 4 members (excludes halogenated alkanes) is 7. The Bertz CT molecular complexity index is 678. The summed E-state index contributed by atoms with van der Waals surface area (Å²) in [6.07, 6.45) is 10.7. The Morgan fingerprint density at radius 2 is 1.30 bits per heavy atom. The minimum atomic E-state index is -0.747. The fourth-order valence-electron chi connectivity index (χ4n) is 3.62. The molecule has 0 radical (unpaired) electrons. The van der Waals surface area contributed by atoms with Gasteiger partial charge in [0, 0.05) is 6.42 Å². The first-order valence-corrected chi connectivity index (χ1v) is 10.2. The van der Waals surface area contributed by atoms with Gasteiger partial charge in [-0.25, -0.2) is 9.59 Å². The summed E-state index contributed by atoms with van der Waals surface area (Å²) in [5.74, 6) is -1.76. The summed E-state index contributed by atoms with van der Waals surface area (Å²) in [5.41, 5.74) is 2.77. The van der Waals surface area contributed by atoms with Crippen molar-refractivity contribution in [1.82, 2.24) is 0 Å². The third kappa shape index (κ3) is 6.19. The lowest BCUT2D eigenvalue weighted by atomic mass is 9.91. The van der Waals surface area contributed by atoms with Crippen LogP contribution in [-0.2, 0) is 22.4 Å². The van der Waals surface area contributed by atoms with Gasteiger partial charge in [0.2, 0.25) is 0 Å². The van der Waals surface area contributed by atoms with Crippen LogP contribution >= 0.6 is 0 Å². The van der Waals surface area contributed by atoms with Gasteiger partial charge in [-0.3, -0.25) is 4.79 Å². The normalized spacial score (nSPS) is 12.9. The SMILES string of the molecule is CCCCCCc1ccc(CCCCCCCC(=O)O)c2c1C(=O)OC2=O. The van der Waals surface area contributed by atoms with Crippen LogP contribution in [-0.4, -0.2) is 23.0 Å². The van der Waals surface area contributed by atoms with Crippen molar-refractivity contribution in [1.29, 1.82) is 0 Å². The first-order chi connectivity index (χ1) is 13.0. The van der Waals surface area contributed by atoms with E-state index in [1.165, 1.54) is 6.42 Å². The number of esters is 2. The van der Waals surface area contributed by atoms with Gasteiger partial charge in [-0.1, -0.05) is 57.6 Å². The molecule has 5 nitrogen and oxygen atoms in total. The van der Waals surface area contributed by atoms with Crippen molar-refractivity contribution in [3.63, 3.8) is 0 Å². The highest BCUT2D eigenvalue weighted by Crippen LogP contribution is 2.29. The molecule has 0 unspecified atom stereocenters. The average molecular weight is 374 g/mol. The molecule has 0 aliphatic carbocycles. The Balaban J connectivity index is 1.92. The number of hydrogen-bond acceptors (Lipinski definition) is 4. The topological polar surface area (TPSA) is 80.7 Å². The highest BCUT2D eigenvalue weighted by atomic mass is 16.6. The summed E-state index contributed by atoms with van der Waals surface area (Å²) in [6, 6.07) is 3.95. The van der Waals surface area contributed by atoms with Gasteiger partial charge in [0.1, 0.15) is 0 Å². The predicted molar refractivity (Wildman–Crippen MR) is 103 cm³/mol. The van der Waals surface area contributed by atoms with E-state index in [1.54, 1.807) is 0 Å². The number of carbonyl (C=O) groups is 3. The zero-order valence-corrected chi connectivity index (χ0v) is 16.2. The number of aliphatic carboxylic acids is 1. The molecule has 0 bridgehead atoms. The zero-order valence-electron chi connectivity index (χ0n) is 16.2. The predicted octanol–water partition coefficient (Wildman–Crippen LogP) is 5.09. The maximum atomic E-state index is 12.2. The van der Waals surface area contributed by atoms with Gasteiger partial charge in [-0.05, 0) is 43.2 Å².